The molecule has 2 aromatic rings. The van der Waals surface area contributed by atoms with Crippen LogP contribution in [0.25, 0.3) is 0 Å². The van der Waals surface area contributed by atoms with E-state index >= 15 is 0 Å². The fourth-order valence-corrected chi connectivity index (χ4v) is 5.70. The number of aliphatic hydroxyl groups excluding tert-OH is 1. The highest BCUT2D eigenvalue weighted by molar-refractivity contribution is 7.99. The first-order valence-electron chi connectivity index (χ1n) is 9.46. The van der Waals surface area contributed by atoms with Gasteiger partial charge in [-0.15, -0.1) is 0 Å². The summed E-state index contributed by atoms with van der Waals surface area (Å²) in [6.45, 7) is 4.95. The van der Waals surface area contributed by atoms with Gasteiger partial charge in [-0.25, -0.2) is 0 Å². The molecule has 0 bridgehead atoms. The molecule has 27 heavy (non-hydrogen) atoms. The van der Waals surface area contributed by atoms with E-state index in [1.54, 1.807) is 6.26 Å². The molecular formula is C21H26N2O2S2. The summed E-state index contributed by atoms with van der Waals surface area (Å²) >= 11 is 1.83. The molecule has 2 aliphatic heterocycles. The van der Waals surface area contributed by atoms with E-state index in [2.05, 4.69) is 46.2 Å². The maximum absolute atomic E-state index is 12.1. The highest BCUT2D eigenvalue weighted by Crippen LogP contribution is 2.43. The van der Waals surface area contributed by atoms with E-state index in [9.17, 15) is 9.32 Å². The third-order valence-corrected chi connectivity index (χ3v) is 7.67. The number of nitrogens with zero attached hydrogens (tertiary/aromatic N) is 2. The zero-order valence-electron chi connectivity index (χ0n) is 15.6. The van der Waals surface area contributed by atoms with Gasteiger partial charge in [0.15, 0.2) is 0 Å². The summed E-state index contributed by atoms with van der Waals surface area (Å²) in [5.41, 5.74) is 2.69. The monoisotopic (exact) mass is 402 g/mol. The molecule has 6 heteroatoms. The second-order valence-corrected chi connectivity index (χ2v) is 9.65. The number of hydrogen-bond donors (Lipinski definition) is 1. The van der Waals surface area contributed by atoms with Gasteiger partial charge in [0.05, 0.1) is 6.61 Å². The molecule has 4 rings (SSSR count). The van der Waals surface area contributed by atoms with E-state index in [-0.39, 0.29) is 6.61 Å². The largest absolute Gasteiger partial charge is 0.395 e. The summed E-state index contributed by atoms with van der Waals surface area (Å²) in [7, 11) is -0.975. The lowest BCUT2D eigenvalue weighted by Crippen LogP contribution is -2.48. The van der Waals surface area contributed by atoms with Crippen molar-refractivity contribution in [3.63, 3.8) is 0 Å². The van der Waals surface area contributed by atoms with Gasteiger partial charge in [0.1, 0.15) is 0 Å². The molecule has 2 atom stereocenters. The molecule has 0 spiro atoms. The Morgan fingerprint density at radius 2 is 1.89 bits per heavy atom. The van der Waals surface area contributed by atoms with Crippen molar-refractivity contribution in [1.82, 2.24) is 9.80 Å². The SMILES string of the molecule is CS(=O)c1ccc2c(c1)C(N1CCN(CCO)CC1)Cc1ccccc1S2. The molecule has 1 fully saturated rings. The van der Waals surface area contributed by atoms with Crippen LogP contribution in [0.2, 0.25) is 0 Å². The first-order chi connectivity index (χ1) is 13.2. The number of hydrogen-bond acceptors (Lipinski definition) is 5. The van der Waals surface area contributed by atoms with Gasteiger partial charge in [-0.2, -0.15) is 0 Å². The van der Waals surface area contributed by atoms with Gasteiger partial charge in [0.25, 0.3) is 0 Å². The second-order valence-electron chi connectivity index (χ2n) is 7.18. The van der Waals surface area contributed by atoms with Gasteiger partial charge in [-0.1, -0.05) is 30.0 Å². The van der Waals surface area contributed by atoms with Crippen molar-refractivity contribution >= 4 is 22.6 Å². The average Bonchev–Trinajstić information content (AvgIpc) is 2.85. The van der Waals surface area contributed by atoms with E-state index in [1.807, 2.05) is 17.8 Å². The molecule has 2 heterocycles. The Balaban J connectivity index is 1.69. The summed E-state index contributed by atoms with van der Waals surface area (Å²) in [5.74, 6) is 0. The van der Waals surface area contributed by atoms with Crippen molar-refractivity contribution in [1.29, 1.82) is 0 Å². The van der Waals surface area contributed by atoms with Gasteiger partial charge in [-0.3, -0.25) is 14.0 Å². The van der Waals surface area contributed by atoms with E-state index in [0.717, 1.165) is 44.0 Å². The van der Waals surface area contributed by atoms with Crippen molar-refractivity contribution < 1.29 is 9.32 Å². The minimum atomic E-state index is -0.975. The molecule has 0 amide bonds. The van der Waals surface area contributed by atoms with Crippen LogP contribution in [0, 0.1) is 0 Å². The van der Waals surface area contributed by atoms with Crippen LogP contribution in [0.1, 0.15) is 17.2 Å². The van der Waals surface area contributed by atoms with Crippen molar-refractivity contribution in [2.45, 2.75) is 27.1 Å². The minimum Gasteiger partial charge on any atom is -0.395 e. The molecule has 2 aliphatic rings. The molecule has 0 saturated carbocycles. The van der Waals surface area contributed by atoms with Gasteiger partial charge < -0.3 is 5.11 Å². The Labute approximate surface area is 168 Å². The smallest absolute Gasteiger partial charge is 0.0558 e. The molecule has 1 saturated heterocycles. The van der Waals surface area contributed by atoms with Gasteiger partial charge >= 0.3 is 0 Å². The van der Waals surface area contributed by atoms with Crippen LogP contribution in [0.4, 0.5) is 0 Å². The number of β-amino-alcohol motifs (C(OH)–C–C–N with tert-alkyl or cyclic N) is 1. The molecule has 1 N–H and O–H groups in total. The minimum absolute atomic E-state index is 0.224. The van der Waals surface area contributed by atoms with Crippen LogP contribution in [-0.2, 0) is 17.2 Å². The van der Waals surface area contributed by atoms with Crippen LogP contribution in [0.15, 0.2) is 57.2 Å². The fourth-order valence-electron chi connectivity index (χ4n) is 4.03. The van der Waals surface area contributed by atoms with Crippen LogP contribution in [0.5, 0.6) is 0 Å². The summed E-state index contributed by atoms with van der Waals surface area (Å²) in [4.78, 5) is 8.40. The van der Waals surface area contributed by atoms with E-state index in [1.165, 1.54) is 20.9 Å². The van der Waals surface area contributed by atoms with Crippen LogP contribution in [-0.4, -0.2) is 64.7 Å². The van der Waals surface area contributed by atoms with Crippen LogP contribution < -0.4 is 0 Å². The van der Waals surface area contributed by atoms with Gasteiger partial charge in [0, 0.05) is 70.5 Å². The van der Waals surface area contributed by atoms with Crippen molar-refractivity contribution in [2.24, 2.45) is 0 Å². The standard InChI is InChI=1S/C21H26N2O2S2/c1-27(25)17-6-7-21-18(15-17)19(14-16-4-2-3-5-20(16)26-21)23-10-8-22(9-11-23)12-13-24/h2-7,15,19,24H,8-14H2,1H3. The summed E-state index contributed by atoms with van der Waals surface area (Å²) in [5, 5.41) is 9.21. The average molecular weight is 403 g/mol. The number of aliphatic hydroxyl groups is 1. The van der Waals surface area contributed by atoms with Crippen LogP contribution in [0.3, 0.4) is 0 Å². The Morgan fingerprint density at radius 3 is 2.63 bits per heavy atom. The predicted molar refractivity (Wildman–Crippen MR) is 111 cm³/mol. The van der Waals surface area contributed by atoms with Crippen molar-refractivity contribution in [3.05, 3.63) is 53.6 Å². The van der Waals surface area contributed by atoms with E-state index < -0.39 is 10.8 Å². The van der Waals surface area contributed by atoms with E-state index in [0.29, 0.717) is 6.04 Å². The Kier molecular flexibility index (Phi) is 5.99. The maximum atomic E-state index is 12.1. The van der Waals surface area contributed by atoms with E-state index in [4.69, 9.17) is 0 Å². The third-order valence-electron chi connectivity index (χ3n) is 5.54. The van der Waals surface area contributed by atoms with Gasteiger partial charge in [0.2, 0.25) is 0 Å². The first-order valence-corrected chi connectivity index (χ1v) is 11.8. The Morgan fingerprint density at radius 1 is 1.11 bits per heavy atom. The lowest BCUT2D eigenvalue weighted by molar-refractivity contribution is 0.0823. The molecular weight excluding hydrogens is 376 g/mol. The Hall–Kier alpha value is -1.18. The molecule has 0 radical (unpaired) electrons. The molecule has 0 aliphatic carbocycles. The fraction of sp³-hybridized carbons (Fsp3) is 0.429. The normalized spacial score (nSPS) is 21.9. The van der Waals surface area contributed by atoms with Crippen molar-refractivity contribution in [3.8, 4) is 0 Å². The zero-order chi connectivity index (χ0) is 18.8. The molecule has 2 unspecified atom stereocenters. The topological polar surface area (TPSA) is 43.8 Å². The van der Waals surface area contributed by atoms with Gasteiger partial charge in [-0.05, 0) is 41.8 Å². The zero-order valence-corrected chi connectivity index (χ0v) is 17.3. The predicted octanol–water partition coefficient (Wildman–Crippen LogP) is 2.78. The quantitative estimate of drug-likeness (QED) is 0.852. The summed E-state index contributed by atoms with van der Waals surface area (Å²) in [6, 6.07) is 15.3. The molecule has 0 aromatic heterocycles. The van der Waals surface area contributed by atoms with Crippen molar-refractivity contribution in [2.75, 3.05) is 45.6 Å². The third kappa shape index (κ3) is 4.15. The second kappa shape index (κ2) is 8.45. The molecule has 144 valence electrons. The molecule has 2 aromatic carbocycles. The highest BCUT2D eigenvalue weighted by atomic mass is 32.2. The number of piperazine rings is 1. The lowest BCUT2D eigenvalue weighted by Gasteiger charge is -2.39. The Bertz CT molecular complexity index is 835. The summed E-state index contributed by atoms with van der Waals surface area (Å²) in [6.07, 6.45) is 2.74. The first kappa shape index (κ1) is 19.2. The van der Waals surface area contributed by atoms with Crippen LogP contribution >= 0.6 is 11.8 Å². The maximum Gasteiger partial charge on any atom is 0.0558 e. The summed E-state index contributed by atoms with van der Waals surface area (Å²) < 4.78 is 12.1. The number of fused-ring (bicyclic) bond motifs is 2. The lowest BCUT2D eigenvalue weighted by atomic mass is 9.96. The highest BCUT2D eigenvalue weighted by Gasteiger charge is 2.30. The number of rotatable bonds is 4. The molecule has 4 nitrogen and oxygen atoms in total. The number of benzene rings is 2.